The summed E-state index contributed by atoms with van der Waals surface area (Å²) in [6.45, 7) is 0.459. The summed E-state index contributed by atoms with van der Waals surface area (Å²) >= 11 is 0. The molecule has 0 saturated carbocycles. The van der Waals surface area contributed by atoms with Crippen LogP contribution in [0.2, 0.25) is 0 Å². The van der Waals surface area contributed by atoms with Gasteiger partial charge in [0.25, 0.3) is 0 Å². The van der Waals surface area contributed by atoms with Crippen molar-refractivity contribution in [3.63, 3.8) is 0 Å². The van der Waals surface area contributed by atoms with E-state index in [0.29, 0.717) is 13.0 Å². The number of amides is 3. The van der Waals surface area contributed by atoms with Gasteiger partial charge in [-0.15, -0.1) is 0 Å². The number of nitrogens with one attached hydrogen (secondary N) is 3. The number of rotatable bonds is 2. The normalized spacial score (nSPS) is 12.9. The maximum atomic E-state index is 11.1. The number of carbonyl (C=O) groups excluding carboxylic acids is 2. The number of hydrogen-bond donors (Lipinski definition) is 3. The molecule has 3 N–H and O–H groups in total. The molecule has 0 radical (unpaired) electrons. The van der Waals surface area contributed by atoms with Crippen molar-refractivity contribution in [3.8, 4) is 0 Å². The monoisotopic (exact) mass is 219 g/mol. The molecule has 84 valence electrons. The molecule has 0 unspecified atom stereocenters. The highest BCUT2D eigenvalue weighted by molar-refractivity contribution is 5.99. The lowest BCUT2D eigenvalue weighted by Crippen LogP contribution is -2.32. The Hall–Kier alpha value is -2.04. The first-order valence-electron chi connectivity index (χ1n) is 5.06. The van der Waals surface area contributed by atoms with E-state index >= 15 is 0 Å². The molecule has 0 aromatic heterocycles. The van der Waals surface area contributed by atoms with Crippen molar-refractivity contribution in [3.05, 3.63) is 29.3 Å². The zero-order chi connectivity index (χ0) is 11.5. The van der Waals surface area contributed by atoms with Crippen LogP contribution in [-0.4, -0.2) is 19.0 Å². The Morgan fingerprint density at radius 2 is 2.31 bits per heavy atom. The van der Waals surface area contributed by atoms with E-state index in [4.69, 9.17) is 0 Å². The van der Waals surface area contributed by atoms with Crippen molar-refractivity contribution in [2.75, 3.05) is 12.4 Å². The molecule has 0 saturated heterocycles. The van der Waals surface area contributed by atoms with Gasteiger partial charge in [-0.2, -0.15) is 0 Å². The van der Waals surface area contributed by atoms with Crippen LogP contribution in [0.25, 0.3) is 0 Å². The molecule has 5 nitrogen and oxygen atoms in total. The standard InChI is InChI=1S/C11H13N3O2/c1-12-11(16)13-6-7-2-3-9-8(4-7)5-10(15)14-9/h2-4H,5-6H2,1H3,(H,14,15)(H2,12,13,16). The van der Waals surface area contributed by atoms with E-state index in [-0.39, 0.29) is 11.9 Å². The molecule has 16 heavy (non-hydrogen) atoms. The molecular weight excluding hydrogens is 206 g/mol. The van der Waals surface area contributed by atoms with Crippen molar-refractivity contribution in [2.24, 2.45) is 0 Å². The van der Waals surface area contributed by atoms with E-state index in [1.54, 1.807) is 7.05 Å². The van der Waals surface area contributed by atoms with Crippen molar-refractivity contribution in [2.45, 2.75) is 13.0 Å². The van der Waals surface area contributed by atoms with Crippen molar-refractivity contribution < 1.29 is 9.59 Å². The van der Waals surface area contributed by atoms with Gasteiger partial charge in [0.05, 0.1) is 6.42 Å². The summed E-state index contributed by atoms with van der Waals surface area (Å²) in [6.07, 6.45) is 0.420. The third kappa shape index (κ3) is 2.13. The number of benzene rings is 1. The highest BCUT2D eigenvalue weighted by Crippen LogP contribution is 2.23. The van der Waals surface area contributed by atoms with Gasteiger partial charge in [-0.05, 0) is 17.2 Å². The highest BCUT2D eigenvalue weighted by atomic mass is 16.2. The minimum absolute atomic E-state index is 0.0198. The first-order valence-corrected chi connectivity index (χ1v) is 5.06. The first-order chi connectivity index (χ1) is 7.69. The number of anilines is 1. The van der Waals surface area contributed by atoms with Gasteiger partial charge in [-0.25, -0.2) is 4.79 Å². The van der Waals surface area contributed by atoms with Gasteiger partial charge >= 0.3 is 6.03 Å². The third-order valence-corrected chi connectivity index (χ3v) is 2.47. The lowest BCUT2D eigenvalue weighted by molar-refractivity contribution is -0.115. The molecule has 0 spiro atoms. The fourth-order valence-electron chi connectivity index (χ4n) is 1.66. The SMILES string of the molecule is CNC(=O)NCc1ccc2c(c1)CC(=O)N2. The molecule has 0 fully saturated rings. The number of hydrogen-bond acceptors (Lipinski definition) is 2. The quantitative estimate of drug-likeness (QED) is 0.682. The first kappa shape index (κ1) is 10.5. The Kier molecular flexibility index (Phi) is 2.76. The van der Waals surface area contributed by atoms with Gasteiger partial charge in [0.1, 0.15) is 0 Å². The van der Waals surface area contributed by atoms with Crippen LogP contribution in [0.5, 0.6) is 0 Å². The Labute approximate surface area is 93.2 Å². The van der Waals surface area contributed by atoms with Crippen LogP contribution in [0.4, 0.5) is 10.5 Å². The van der Waals surface area contributed by atoms with Gasteiger partial charge in [-0.3, -0.25) is 4.79 Å². The van der Waals surface area contributed by atoms with Crippen LogP contribution in [0.3, 0.4) is 0 Å². The molecule has 1 aromatic carbocycles. The molecule has 3 amide bonds. The second-order valence-corrected chi connectivity index (χ2v) is 3.65. The molecule has 1 aliphatic heterocycles. The largest absolute Gasteiger partial charge is 0.341 e. The predicted molar refractivity (Wildman–Crippen MR) is 60.1 cm³/mol. The minimum atomic E-state index is -0.213. The van der Waals surface area contributed by atoms with Crippen LogP contribution in [0.15, 0.2) is 18.2 Å². The van der Waals surface area contributed by atoms with Gasteiger partial charge in [0, 0.05) is 19.3 Å². The Morgan fingerprint density at radius 3 is 3.06 bits per heavy atom. The number of fused-ring (bicyclic) bond motifs is 1. The Bertz CT molecular complexity index is 443. The van der Waals surface area contributed by atoms with Gasteiger partial charge in [0.2, 0.25) is 5.91 Å². The summed E-state index contributed by atoms with van der Waals surface area (Å²) in [5.74, 6) is 0.0198. The third-order valence-electron chi connectivity index (χ3n) is 2.47. The summed E-state index contributed by atoms with van der Waals surface area (Å²) in [4.78, 5) is 22.1. The fourth-order valence-corrected chi connectivity index (χ4v) is 1.66. The molecule has 5 heteroatoms. The zero-order valence-electron chi connectivity index (χ0n) is 8.96. The van der Waals surface area contributed by atoms with Crippen LogP contribution in [0.1, 0.15) is 11.1 Å². The van der Waals surface area contributed by atoms with E-state index in [1.165, 1.54) is 0 Å². The summed E-state index contributed by atoms with van der Waals surface area (Å²) in [5, 5.41) is 7.94. The molecule has 1 heterocycles. The average Bonchev–Trinajstić information content (AvgIpc) is 2.65. The molecule has 0 bridgehead atoms. The lowest BCUT2D eigenvalue weighted by atomic mass is 10.1. The van der Waals surface area contributed by atoms with E-state index < -0.39 is 0 Å². The highest BCUT2D eigenvalue weighted by Gasteiger charge is 2.17. The summed E-state index contributed by atoms with van der Waals surface area (Å²) < 4.78 is 0. The van der Waals surface area contributed by atoms with Crippen molar-refractivity contribution in [1.82, 2.24) is 10.6 Å². The predicted octanol–water partition coefficient (Wildman–Crippen LogP) is 0.610. The smallest absolute Gasteiger partial charge is 0.314 e. The molecule has 0 aliphatic carbocycles. The topological polar surface area (TPSA) is 70.2 Å². The van der Waals surface area contributed by atoms with Crippen LogP contribution >= 0.6 is 0 Å². The van der Waals surface area contributed by atoms with E-state index in [2.05, 4.69) is 16.0 Å². The van der Waals surface area contributed by atoms with Crippen LogP contribution in [-0.2, 0) is 17.8 Å². The van der Waals surface area contributed by atoms with Gasteiger partial charge in [-0.1, -0.05) is 12.1 Å². The summed E-state index contributed by atoms with van der Waals surface area (Å²) in [5.41, 5.74) is 2.84. The van der Waals surface area contributed by atoms with Crippen molar-refractivity contribution in [1.29, 1.82) is 0 Å². The second kappa shape index (κ2) is 4.22. The average molecular weight is 219 g/mol. The molecule has 0 atom stereocenters. The Morgan fingerprint density at radius 1 is 1.50 bits per heavy atom. The van der Waals surface area contributed by atoms with E-state index in [1.807, 2.05) is 18.2 Å². The number of carbonyl (C=O) groups is 2. The van der Waals surface area contributed by atoms with E-state index in [9.17, 15) is 9.59 Å². The van der Waals surface area contributed by atoms with Gasteiger partial charge < -0.3 is 16.0 Å². The molecule has 2 rings (SSSR count). The fraction of sp³-hybridized carbons (Fsp3) is 0.273. The zero-order valence-corrected chi connectivity index (χ0v) is 8.96. The summed E-state index contributed by atoms with van der Waals surface area (Å²) in [7, 11) is 1.57. The van der Waals surface area contributed by atoms with Gasteiger partial charge in [0.15, 0.2) is 0 Å². The molecule has 1 aliphatic rings. The minimum Gasteiger partial charge on any atom is -0.341 e. The van der Waals surface area contributed by atoms with E-state index in [0.717, 1.165) is 16.8 Å². The molecular formula is C11H13N3O2. The maximum Gasteiger partial charge on any atom is 0.314 e. The Balaban J connectivity index is 2.05. The number of urea groups is 1. The lowest BCUT2D eigenvalue weighted by Gasteiger charge is -2.06. The van der Waals surface area contributed by atoms with Crippen LogP contribution < -0.4 is 16.0 Å². The van der Waals surface area contributed by atoms with Crippen molar-refractivity contribution >= 4 is 17.6 Å². The summed E-state index contributed by atoms with van der Waals surface area (Å²) in [6, 6.07) is 5.47. The second-order valence-electron chi connectivity index (χ2n) is 3.65. The molecule has 1 aromatic rings. The van der Waals surface area contributed by atoms with Crippen LogP contribution in [0, 0.1) is 0 Å². The maximum absolute atomic E-state index is 11.1.